The highest BCUT2D eigenvalue weighted by atomic mass is 19.1. The van der Waals surface area contributed by atoms with Crippen molar-refractivity contribution in [3.8, 4) is 0 Å². The normalized spacial score (nSPS) is 12.7. The molecule has 0 fully saturated rings. The number of nitrogens with zero attached hydrogens (tertiary/aromatic N) is 1. The number of halogens is 1. The monoisotopic (exact) mass is 212 g/mol. The van der Waals surface area contributed by atoms with Gasteiger partial charge in [0.15, 0.2) is 0 Å². The van der Waals surface area contributed by atoms with Crippen LogP contribution >= 0.6 is 0 Å². The van der Waals surface area contributed by atoms with Gasteiger partial charge in [-0.15, -0.1) is 0 Å². The molecule has 0 spiro atoms. The number of ether oxygens (including phenoxy) is 1. The van der Waals surface area contributed by atoms with Gasteiger partial charge >= 0.3 is 0 Å². The minimum atomic E-state index is -0.314. The Morgan fingerprint density at radius 2 is 2.27 bits per heavy atom. The van der Waals surface area contributed by atoms with E-state index in [0.29, 0.717) is 13.2 Å². The first-order chi connectivity index (χ1) is 7.27. The van der Waals surface area contributed by atoms with Crippen LogP contribution in [0.5, 0.6) is 0 Å². The lowest BCUT2D eigenvalue weighted by Crippen LogP contribution is -2.26. The first-order valence-electron chi connectivity index (χ1n) is 5.20. The highest BCUT2D eigenvalue weighted by Crippen LogP contribution is 2.10. The molecule has 1 unspecified atom stereocenters. The lowest BCUT2D eigenvalue weighted by molar-refractivity contribution is 0.122. The van der Waals surface area contributed by atoms with Crippen molar-refractivity contribution >= 4 is 0 Å². The zero-order chi connectivity index (χ0) is 11.1. The summed E-state index contributed by atoms with van der Waals surface area (Å²) >= 11 is 0. The van der Waals surface area contributed by atoms with Crippen LogP contribution in [0.3, 0.4) is 0 Å². The molecule has 15 heavy (non-hydrogen) atoms. The molecule has 1 aromatic heterocycles. The average molecular weight is 212 g/mol. The van der Waals surface area contributed by atoms with Crippen molar-refractivity contribution in [2.45, 2.75) is 19.9 Å². The van der Waals surface area contributed by atoms with Crippen LogP contribution in [0.4, 0.5) is 4.39 Å². The second-order valence-electron chi connectivity index (χ2n) is 3.17. The Morgan fingerprint density at radius 3 is 2.80 bits per heavy atom. The Labute approximate surface area is 89.7 Å². The number of hydrogen-bond donors (Lipinski definition) is 1. The van der Waals surface area contributed by atoms with Crippen LogP contribution in [0.15, 0.2) is 18.3 Å². The fourth-order valence-electron chi connectivity index (χ4n) is 1.32. The summed E-state index contributed by atoms with van der Waals surface area (Å²) < 4.78 is 18.0. The summed E-state index contributed by atoms with van der Waals surface area (Å²) in [5, 5.41) is 3.24. The van der Waals surface area contributed by atoms with Crippen molar-refractivity contribution in [1.29, 1.82) is 0 Å². The SMILES string of the molecule is CCNC(COCC)c1ccc(F)cn1. The van der Waals surface area contributed by atoms with Gasteiger partial charge in [-0.05, 0) is 25.6 Å². The molecular weight excluding hydrogens is 195 g/mol. The molecule has 0 saturated carbocycles. The molecule has 4 heteroatoms. The molecule has 1 aromatic rings. The van der Waals surface area contributed by atoms with E-state index in [1.54, 1.807) is 6.07 Å². The number of pyridine rings is 1. The van der Waals surface area contributed by atoms with Crippen molar-refractivity contribution in [3.05, 3.63) is 29.8 Å². The summed E-state index contributed by atoms with van der Waals surface area (Å²) in [5.74, 6) is -0.314. The van der Waals surface area contributed by atoms with Gasteiger partial charge in [-0.3, -0.25) is 4.98 Å². The number of rotatable bonds is 6. The van der Waals surface area contributed by atoms with E-state index >= 15 is 0 Å². The van der Waals surface area contributed by atoms with Gasteiger partial charge in [0.2, 0.25) is 0 Å². The van der Waals surface area contributed by atoms with E-state index in [0.717, 1.165) is 12.2 Å². The summed E-state index contributed by atoms with van der Waals surface area (Å²) in [4.78, 5) is 4.03. The molecule has 0 aliphatic carbocycles. The zero-order valence-electron chi connectivity index (χ0n) is 9.16. The standard InChI is InChI=1S/C11H17FN2O/c1-3-13-11(8-15-4-2)10-6-5-9(12)7-14-10/h5-7,11,13H,3-4,8H2,1-2H3. The van der Waals surface area contributed by atoms with Gasteiger partial charge in [-0.2, -0.15) is 0 Å². The number of likely N-dealkylation sites (N-methyl/N-ethyl adjacent to an activating group) is 1. The Kier molecular flexibility index (Phi) is 5.21. The van der Waals surface area contributed by atoms with Gasteiger partial charge in [0, 0.05) is 6.61 Å². The molecule has 3 nitrogen and oxygen atoms in total. The Balaban J connectivity index is 2.65. The minimum Gasteiger partial charge on any atom is -0.380 e. The van der Waals surface area contributed by atoms with Crippen LogP contribution in [0, 0.1) is 5.82 Å². The highest BCUT2D eigenvalue weighted by Gasteiger charge is 2.11. The molecule has 0 aliphatic rings. The smallest absolute Gasteiger partial charge is 0.141 e. The quantitative estimate of drug-likeness (QED) is 0.782. The fourth-order valence-corrected chi connectivity index (χ4v) is 1.32. The third-order valence-corrected chi connectivity index (χ3v) is 2.05. The third-order valence-electron chi connectivity index (χ3n) is 2.05. The number of hydrogen-bond acceptors (Lipinski definition) is 3. The van der Waals surface area contributed by atoms with E-state index in [2.05, 4.69) is 10.3 Å². The molecule has 0 radical (unpaired) electrons. The Morgan fingerprint density at radius 1 is 1.47 bits per heavy atom. The van der Waals surface area contributed by atoms with Gasteiger partial charge in [0.05, 0.1) is 24.5 Å². The van der Waals surface area contributed by atoms with Gasteiger partial charge in [0.1, 0.15) is 5.82 Å². The molecule has 1 atom stereocenters. The van der Waals surface area contributed by atoms with Gasteiger partial charge in [-0.25, -0.2) is 4.39 Å². The van der Waals surface area contributed by atoms with E-state index in [9.17, 15) is 4.39 Å². The predicted molar refractivity (Wildman–Crippen MR) is 57.1 cm³/mol. The molecular formula is C11H17FN2O. The maximum atomic E-state index is 12.7. The van der Waals surface area contributed by atoms with Crippen molar-refractivity contribution < 1.29 is 9.13 Å². The third kappa shape index (κ3) is 3.93. The second kappa shape index (κ2) is 6.48. The van der Waals surface area contributed by atoms with Gasteiger partial charge < -0.3 is 10.1 Å². The Bertz CT molecular complexity index is 276. The molecule has 1 heterocycles. The molecule has 84 valence electrons. The van der Waals surface area contributed by atoms with Crippen LogP contribution in [-0.4, -0.2) is 24.7 Å². The average Bonchev–Trinajstić information content (AvgIpc) is 2.25. The molecule has 1 rings (SSSR count). The van der Waals surface area contributed by atoms with E-state index in [4.69, 9.17) is 4.74 Å². The van der Waals surface area contributed by atoms with E-state index < -0.39 is 0 Å². The largest absolute Gasteiger partial charge is 0.380 e. The molecule has 0 bridgehead atoms. The van der Waals surface area contributed by atoms with Gasteiger partial charge in [0.25, 0.3) is 0 Å². The minimum absolute atomic E-state index is 0.0375. The summed E-state index contributed by atoms with van der Waals surface area (Å²) in [6, 6.07) is 3.14. The van der Waals surface area contributed by atoms with Crippen molar-refractivity contribution in [2.24, 2.45) is 0 Å². The maximum absolute atomic E-state index is 12.7. The second-order valence-corrected chi connectivity index (χ2v) is 3.17. The van der Waals surface area contributed by atoms with Crippen LogP contribution in [0.25, 0.3) is 0 Å². The fraction of sp³-hybridized carbons (Fsp3) is 0.545. The molecule has 0 aliphatic heterocycles. The van der Waals surface area contributed by atoms with Crippen LogP contribution in [-0.2, 0) is 4.74 Å². The summed E-state index contributed by atoms with van der Waals surface area (Å²) in [6.07, 6.45) is 1.23. The predicted octanol–water partition coefficient (Wildman–Crippen LogP) is 1.91. The van der Waals surface area contributed by atoms with E-state index in [1.807, 2.05) is 13.8 Å². The van der Waals surface area contributed by atoms with Crippen LogP contribution in [0.1, 0.15) is 25.6 Å². The van der Waals surface area contributed by atoms with E-state index in [-0.39, 0.29) is 11.9 Å². The first-order valence-corrected chi connectivity index (χ1v) is 5.20. The first kappa shape index (κ1) is 12.1. The zero-order valence-corrected chi connectivity index (χ0v) is 9.16. The summed E-state index contributed by atoms with van der Waals surface area (Å²) in [5.41, 5.74) is 0.812. The summed E-state index contributed by atoms with van der Waals surface area (Å²) in [6.45, 7) is 6.02. The lowest BCUT2D eigenvalue weighted by atomic mass is 10.2. The maximum Gasteiger partial charge on any atom is 0.141 e. The molecule has 0 aromatic carbocycles. The molecule has 0 saturated heterocycles. The number of aromatic nitrogens is 1. The lowest BCUT2D eigenvalue weighted by Gasteiger charge is -2.16. The van der Waals surface area contributed by atoms with Gasteiger partial charge in [-0.1, -0.05) is 6.92 Å². The topological polar surface area (TPSA) is 34.1 Å². The Hall–Kier alpha value is -1.00. The van der Waals surface area contributed by atoms with Crippen LogP contribution < -0.4 is 5.32 Å². The van der Waals surface area contributed by atoms with Crippen molar-refractivity contribution in [3.63, 3.8) is 0 Å². The van der Waals surface area contributed by atoms with Crippen molar-refractivity contribution in [2.75, 3.05) is 19.8 Å². The molecule has 1 N–H and O–H groups in total. The number of nitrogens with one attached hydrogen (secondary N) is 1. The summed E-state index contributed by atoms with van der Waals surface area (Å²) in [7, 11) is 0. The van der Waals surface area contributed by atoms with E-state index in [1.165, 1.54) is 12.3 Å². The van der Waals surface area contributed by atoms with Crippen molar-refractivity contribution in [1.82, 2.24) is 10.3 Å². The highest BCUT2D eigenvalue weighted by molar-refractivity contribution is 5.09. The van der Waals surface area contributed by atoms with Crippen LogP contribution in [0.2, 0.25) is 0 Å². The molecule has 0 amide bonds.